The van der Waals surface area contributed by atoms with Crippen molar-refractivity contribution in [3.05, 3.63) is 46.5 Å². The summed E-state index contributed by atoms with van der Waals surface area (Å²) in [6.07, 6.45) is 4.07. The minimum Gasteiger partial charge on any atom is -0.351 e. The molecule has 0 spiro atoms. The SMILES string of the molecule is CN(C)C/C=C/C(=O)NCCN1CCc2c(Cl)cccc2C1=O. The number of rotatable bonds is 6. The van der Waals surface area contributed by atoms with Gasteiger partial charge in [0.25, 0.3) is 5.91 Å². The Kier molecular flexibility index (Phi) is 6.19. The molecular formula is C17H22ClN3O2. The van der Waals surface area contributed by atoms with Gasteiger partial charge in [0, 0.05) is 42.8 Å². The summed E-state index contributed by atoms with van der Waals surface area (Å²) >= 11 is 6.13. The first kappa shape index (κ1) is 17.5. The van der Waals surface area contributed by atoms with Gasteiger partial charge in [-0.1, -0.05) is 23.7 Å². The topological polar surface area (TPSA) is 52.7 Å². The van der Waals surface area contributed by atoms with E-state index in [-0.39, 0.29) is 11.8 Å². The van der Waals surface area contributed by atoms with Gasteiger partial charge >= 0.3 is 0 Å². The molecule has 1 aliphatic heterocycles. The van der Waals surface area contributed by atoms with Crippen molar-refractivity contribution < 1.29 is 9.59 Å². The average molecular weight is 336 g/mol. The molecule has 2 amide bonds. The number of carbonyl (C=O) groups excluding carboxylic acids is 2. The molecule has 0 bridgehead atoms. The highest BCUT2D eigenvalue weighted by molar-refractivity contribution is 6.32. The van der Waals surface area contributed by atoms with Gasteiger partial charge in [0.1, 0.15) is 0 Å². The second kappa shape index (κ2) is 8.13. The lowest BCUT2D eigenvalue weighted by molar-refractivity contribution is -0.116. The minimum atomic E-state index is -0.139. The van der Waals surface area contributed by atoms with E-state index in [2.05, 4.69) is 5.32 Å². The van der Waals surface area contributed by atoms with Crippen LogP contribution in [-0.4, -0.2) is 61.9 Å². The minimum absolute atomic E-state index is 0.0221. The number of halogens is 1. The van der Waals surface area contributed by atoms with Crippen LogP contribution >= 0.6 is 11.6 Å². The molecule has 0 atom stereocenters. The largest absolute Gasteiger partial charge is 0.351 e. The van der Waals surface area contributed by atoms with E-state index in [9.17, 15) is 9.59 Å². The normalized spacial score (nSPS) is 14.4. The Bertz CT molecular complexity index is 614. The van der Waals surface area contributed by atoms with E-state index in [1.54, 1.807) is 23.1 Å². The molecule has 0 saturated heterocycles. The van der Waals surface area contributed by atoms with Crippen LogP contribution in [-0.2, 0) is 11.2 Å². The van der Waals surface area contributed by atoms with Crippen LogP contribution in [0, 0.1) is 0 Å². The Balaban J connectivity index is 1.82. The molecule has 5 nitrogen and oxygen atoms in total. The summed E-state index contributed by atoms with van der Waals surface area (Å²) in [6, 6.07) is 5.40. The first-order valence-corrected chi connectivity index (χ1v) is 8.02. The summed E-state index contributed by atoms with van der Waals surface area (Å²) in [5.74, 6) is -0.161. The highest BCUT2D eigenvalue weighted by Crippen LogP contribution is 2.25. The van der Waals surface area contributed by atoms with Crippen LogP contribution < -0.4 is 5.32 Å². The van der Waals surface area contributed by atoms with E-state index < -0.39 is 0 Å². The van der Waals surface area contributed by atoms with Gasteiger partial charge < -0.3 is 15.1 Å². The van der Waals surface area contributed by atoms with Crippen molar-refractivity contribution in [3.8, 4) is 0 Å². The monoisotopic (exact) mass is 335 g/mol. The summed E-state index contributed by atoms with van der Waals surface area (Å²) in [5, 5.41) is 3.44. The van der Waals surface area contributed by atoms with Gasteiger partial charge in [-0.15, -0.1) is 0 Å². The van der Waals surface area contributed by atoms with Gasteiger partial charge in [-0.2, -0.15) is 0 Å². The Hall–Kier alpha value is -1.85. The fourth-order valence-electron chi connectivity index (χ4n) is 2.49. The molecule has 124 valence electrons. The number of benzene rings is 1. The molecular weight excluding hydrogens is 314 g/mol. The second-order valence-electron chi connectivity index (χ2n) is 5.76. The number of hydrogen-bond donors (Lipinski definition) is 1. The molecule has 0 radical (unpaired) electrons. The van der Waals surface area contributed by atoms with Gasteiger partial charge in [0.05, 0.1) is 0 Å². The molecule has 1 heterocycles. The van der Waals surface area contributed by atoms with Crippen molar-refractivity contribution in [2.24, 2.45) is 0 Å². The lowest BCUT2D eigenvalue weighted by Gasteiger charge is -2.29. The second-order valence-corrected chi connectivity index (χ2v) is 6.17. The van der Waals surface area contributed by atoms with E-state index in [1.165, 1.54) is 6.08 Å². The molecule has 0 aromatic heterocycles. The smallest absolute Gasteiger partial charge is 0.254 e. The molecule has 0 fully saturated rings. The molecule has 1 N–H and O–H groups in total. The molecule has 1 aromatic rings. The summed E-state index contributed by atoms with van der Waals surface area (Å²) in [6.45, 7) is 2.28. The number of hydrogen-bond acceptors (Lipinski definition) is 3. The maximum absolute atomic E-state index is 12.4. The number of likely N-dealkylation sites (N-methyl/N-ethyl adjacent to an activating group) is 1. The predicted molar refractivity (Wildman–Crippen MR) is 91.8 cm³/mol. The van der Waals surface area contributed by atoms with Crippen molar-refractivity contribution in [2.75, 3.05) is 40.3 Å². The van der Waals surface area contributed by atoms with Gasteiger partial charge in [0.2, 0.25) is 5.91 Å². The molecule has 0 aliphatic carbocycles. The number of nitrogens with one attached hydrogen (secondary N) is 1. The molecule has 23 heavy (non-hydrogen) atoms. The zero-order valence-electron chi connectivity index (χ0n) is 13.5. The van der Waals surface area contributed by atoms with Gasteiger partial charge in [0.15, 0.2) is 0 Å². The molecule has 0 saturated carbocycles. The van der Waals surface area contributed by atoms with Crippen molar-refractivity contribution in [3.63, 3.8) is 0 Å². The number of amides is 2. The Labute approximate surface area is 141 Å². The zero-order valence-corrected chi connectivity index (χ0v) is 14.3. The van der Waals surface area contributed by atoms with Crippen LogP contribution in [0.5, 0.6) is 0 Å². The highest BCUT2D eigenvalue weighted by Gasteiger charge is 2.25. The molecule has 1 aromatic carbocycles. The predicted octanol–water partition coefficient (Wildman–Crippen LogP) is 1.57. The number of carbonyl (C=O) groups is 2. The van der Waals surface area contributed by atoms with Crippen molar-refractivity contribution in [2.45, 2.75) is 6.42 Å². The van der Waals surface area contributed by atoms with Crippen LogP contribution in [0.4, 0.5) is 0 Å². The number of nitrogens with zero attached hydrogens (tertiary/aromatic N) is 2. The zero-order chi connectivity index (χ0) is 16.8. The first-order chi connectivity index (χ1) is 11.0. The Morgan fingerprint density at radius 3 is 2.96 bits per heavy atom. The third-order valence-electron chi connectivity index (χ3n) is 3.69. The molecule has 6 heteroatoms. The summed E-state index contributed by atoms with van der Waals surface area (Å²) in [5.41, 5.74) is 1.59. The average Bonchev–Trinajstić information content (AvgIpc) is 2.50. The van der Waals surface area contributed by atoms with Crippen LogP contribution in [0.2, 0.25) is 5.02 Å². The maximum atomic E-state index is 12.4. The van der Waals surface area contributed by atoms with Crippen molar-refractivity contribution in [1.29, 1.82) is 0 Å². The van der Waals surface area contributed by atoms with Crippen LogP contribution in [0.3, 0.4) is 0 Å². The van der Waals surface area contributed by atoms with Gasteiger partial charge in [-0.05, 0) is 38.2 Å². The van der Waals surface area contributed by atoms with Crippen LogP contribution in [0.1, 0.15) is 15.9 Å². The fourth-order valence-corrected chi connectivity index (χ4v) is 2.76. The quantitative estimate of drug-likeness (QED) is 0.803. The Morgan fingerprint density at radius 1 is 1.43 bits per heavy atom. The van der Waals surface area contributed by atoms with Crippen LogP contribution in [0.25, 0.3) is 0 Å². The lowest BCUT2D eigenvalue weighted by atomic mass is 9.99. The number of fused-ring (bicyclic) bond motifs is 1. The fraction of sp³-hybridized carbons (Fsp3) is 0.412. The lowest BCUT2D eigenvalue weighted by Crippen LogP contribution is -2.42. The maximum Gasteiger partial charge on any atom is 0.254 e. The van der Waals surface area contributed by atoms with Gasteiger partial charge in [-0.3, -0.25) is 9.59 Å². The molecule has 1 aliphatic rings. The third-order valence-corrected chi connectivity index (χ3v) is 4.04. The summed E-state index contributed by atoms with van der Waals surface area (Å²) in [4.78, 5) is 27.8. The summed E-state index contributed by atoms with van der Waals surface area (Å²) in [7, 11) is 3.88. The third kappa shape index (κ3) is 4.81. The van der Waals surface area contributed by atoms with Crippen LogP contribution in [0.15, 0.2) is 30.4 Å². The highest BCUT2D eigenvalue weighted by atomic mass is 35.5. The first-order valence-electron chi connectivity index (χ1n) is 7.65. The van der Waals surface area contributed by atoms with E-state index in [0.29, 0.717) is 30.2 Å². The van der Waals surface area contributed by atoms with E-state index >= 15 is 0 Å². The van der Waals surface area contributed by atoms with E-state index in [4.69, 9.17) is 11.6 Å². The van der Waals surface area contributed by atoms with Gasteiger partial charge in [-0.25, -0.2) is 0 Å². The van der Waals surface area contributed by atoms with E-state index in [0.717, 1.165) is 18.5 Å². The Morgan fingerprint density at radius 2 is 2.22 bits per heavy atom. The van der Waals surface area contributed by atoms with Crippen molar-refractivity contribution >= 4 is 23.4 Å². The molecule has 0 unspecified atom stereocenters. The summed E-state index contributed by atoms with van der Waals surface area (Å²) < 4.78 is 0. The van der Waals surface area contributed by atoms with E-state index in [1.807, 2.05) is 25.1 Å². The van der Waals surface area contributed by atoms with Crippen molar-refractivity contribution in [1.82, 2.24) is 15.1 Å². The standard InChI is InChI=1S/C17H22ClN3O2/c1-20(2)10-4-7-16(22)19-9-12-21-11-8-13-14(17(21)23)5-3-6-15(13)18/h3-7H,8-12H2,1-2H3,(H,19,22)/b7-4+. The molecule has 2 rings (SSSR count).